The number of thiophene rings is 1. The van der Waals surface area contributed by atoms with Crippen molar-refractivity contribution >= 4 is 22.9 Å². The largest absolute Gasteiger partial charge is 0.380 e. The molecule has 2 atom stereocenters. The lowest BCUT2D eigenvalue weighted by molar-refractivity contribution is -0.126. The van der Waals surface area contributed by atoms with E-state index in [2.05, 4.69) is 22.4 Å². The lowest BCUT2D eigenvalue weighted by atomic mass is 9.94. The first kappa shape index (κ1) is 20.9. The number of methoxy groups -OCH3 is 1. The van der Waals surface area contributed by atoms with Crippen molar-refractivity contribution in [3.63, 3.8) is 0 Å². The molecule has 0 aliphatic carbocycles. The lowest BCUT2D eigenvalue weighted by Crippen LogP contribution is -2.47. The molecule has 1 amide bonds. The summed E-state index contributed by atoms with van der Waals surface area (Å²) in [6, 6.07) is 10.4. The topological polar surface area (TPSA) is 42.0 Å². The number of carbonyl (C=O) groups excluding carboxylic acids is 1. The molecule has 0 unspecified atom stereocenters. The van der Waals surface area contributed by atoms with Gasteiger partial charge in [0.05, 0.1) is 12.7 Å². The van der Waals surface area contributed by atoms with Crippen LogP contribution in [0.1, 0.15) is 18.2 Å². The molecule has 0 N–H and O–H groups in total. The zero-order chi connectivity index (χ0) is 19.9. The minimum Gasteiger partial charge on any atom is -0.380 e. The van der Waals surface area contributed by atoms with Crippen LogP contribution in [0.4, 0.5) is 10.1 Å². The van der Waals surface area contributed by atoms with E-state index in [1.54, 1.807) is 30.6 Å². The van der Waals surface area contributed by atoms with Crippen LogP contribution in [0, 0.1) is 11.7 Å². The smallest absolute Gasteiger partial charge is 0.247 e. The maximum absolute atomic E-state index is 14.1. The normalized spacial score (nSPS) is 20.2. The van der Waals surface area contributed by atoms with Crippen molar-refractivity contribution in [2.45, 2.75) is 25.9 Å². The highest BCUT2D eigenvalue weighted by Crippen LogP contribution is 2.24. The molecule has 1 aromatic heterocycles. The van der Waals surface area contributed by atoms with Gasteiger partial charge in [-0.3, -0.25) is 9.63 Å². The molecule has 28 heavy (non-hydrogen) atoms. The fourth-order valence-corrected chi connectivity index (χ4v) is 4.23. The molecule has 1 fully saturated rings. The van der Waals surface area contributed by atoms with Gasteiger partial charge in [0, 0.05) is 37.9 Å². The van der Waals surface area contributed by atoms with Crippen LogP contribution in [0.2, 0.25) is 0 Å². The second kappa shape index (κ2) is 10.1. The number of ether oxygens (including phenoxy) is 1. The quantitative estimate of drug-likeness (QED) is 0.626. The van der Waals surface area contributed by atoms with Gasteiger partial charge in [-0.2, -0.15) is 5.06 Å². The molecular formula is C21H27FN2O3S. The maximum atomic E-state index is 14.1. The summed E-state index contributed by atoms with van der Waals surface area (Å²) < 4.78 is 19.8. The minimum absolute atomic E-state index is 0.0199. The Morgan fingerprint density at radius 3 is 2.82 bits per heavy atom. The van der Waals surface area contributed by atoms with E-state index in [-0.39, 0.29) is 23.6 Å². The summed E-state index contributed by atoms with van der Waals surface area (Å²) in [7, 11) is 1.71. The van der Waals surface area contributed by atoms with Gasteiger partial charge in [-0.05, 0) is 43.0 Å². The third kappa shape index (κ3) is 5.38. The van der Waals surface area contributed by atoms with Crippen molar-refractivity contribution < 1.29 is 18.8 Å². The number of anilines is 1. The highest BCUT2D eigenvalue weighted by Gasteiger charge is 2.30. The Labute approximate surface area is 169 Å². The van der Waals surface area contributed by atoms with Crippen LogP contribution >= 0.6 is 11.3 Å². The average Bonchev–Trinajstić information content (AvgIpc) is 3.21. The van der Waals surface area contributed by atoms with Crippen molar-refractivity contribution in [3.8, 4) is 0 Å². The second-order valence-electron chi connectivity index (χ2n) is 7.01. The van der Waals surface area contributed by atoms with E-state index in [0.29, 0.717) is 6.61 Å². The third-order valence-corrected chi connectivity index (χ3v) is 6.05. The monoisotopic (exact) mass is 406 g/mol. The number of benzene rings is 1. The van der Waals surface area contributed by atoms with Gasteiger partial charge in [-0.15, -0.1) is 11.3 Å². The van der Waals surface area contributed by atoms with Crippen LogP contribution in [-0.4, -0.2) is 50.3 Å². The fraction of sp³-hybridized carbons (Fsp3) is 0.476. The lowest BCUT2D eigenvalue weighted by Gasteiger charge is -2.38. The van der Waals surface area contributed by atoms with Gasteiger partial charge >= 0.3 is 0 Å². The highest BCUT2D eigenvalue weighted by atomic mass is 32.1. The predicted octanol–water partition coefficient (Wildman–Crippen LogP) is 3.75. The SMILES string of the molecule is CO[C@@H]1CN(CCc2cccs2)CC[C@H]1CON(C(C)=O)c1ccccc1F. The van der Waals surface area contributed by atoms with Gasteiger partial charge in [0.1, 0.15) is 11.5 Å². The molecule has 3 rings (SSSR count). The number of para-hydroxylation sites is 1. The minimum atomic E-state index is -0.482. The number of hydrogen-bond donors (Lipinski definition) is 0. The van der Waals surface area contributed by atoms with Gasteiger partial charge < -0.3 is 9.64 Å². The predicted molar refractivity (Wildman–Crippen MR) is 109 cm³/mol. The molecule has 2 aromatic rings. The number of hydrogen-bond acceptors (Lipinski definition) is 5. The van der Waals surface area contributed by atoms with E-state index >= 15 is 0 Å². The zero-order valence-electron chi connectivity index (χ0n) is 16.3. The van der Waals surface area contributed by atoms with Crippen LogP contribution in [0.5, 0.6) is 0 Å². The summed E-state index contributed by atoms with van der Waals surface area (Å²) >= 11 is 1.79. The van der Waals surface area contributed by atoms with Gasteiger partial charge in [0.2, 0.25) is 5.91 Å². The van der Waals surface area contributed by atoms with E-state index in [0.717, 1.165) is 37.5 Å². The van der Waals surface area contributed by atoms with Crippen molar-refractivity contribution in [1.82, 2.24) is 4.90 Å². The maximum Gasteiger partial charge on any atom is 0.247 e. The first-order valence-corrected chi connectivity index (χ1v) is 10.4. The fourth-order valence-electron chi connectivity index (χ4n) is 3.53. The average molecular weight is 407 g/mol. The number of hydroxylamine groups is 1. The van der Waals surface area contributed by atoms with Crippen molar-refractivity contribution in [1.29, 1.82) is 0 Å². The molecule has 152 valence electrons. The molecule has 1 saturated heterocycles. The summed E-state index contributed by atoms with van der Waals surface area (Å²) in [5.41, 5.74) is 0.136. The molecular weight excluding hydrogens is 379 g/mol. The summed E-state index contributed by atoms with van der Waals surface area (Å²) in [5.74, 6) is -0.687. The molecule has 0 spiro atoms. The van der Waals surface area contributed by atoms with E-state index in [4.69, 9.17) is 9.57 Å². The van der Waals surface area contributed by atoms with E-state index in [1.165, 1.54) is 23.9 Å². The highest BCUT2D eigenvalue weighted by molar-refractivity contribution is 7.09. The van der Waals surface area contributed by atoms with Crippen LogP contribution in [-0.2, 0) is 20.8 Å². The molecule has 2 heterocycles. The molecule has 0 saturated carbocycles. The first-order valence-electron chi connectivity index (χ1n) is 9.54. The third-order valence-electron chi connectivity index (χ3n) is 5.11. The van der Waals surface area contributed by atoms with Crippen molar-refractivity contribution in [3.05, 3.63) is 52.5 Å². The summed E-state index contributed by atoms with van der Waals surface area (Å²) in [5, 5.41) is 3.15. The summed E-state index contributed by atoms with van der Waals surface area (Å²) in [6.45, 7) is 4.47. The Morgan fingerprint density at radius 2 is 2.14 bits per heavy atom. The Bertz CT molecular complexity index is 756. The summed E-state index contributed by atoms with van der Waals surface area (Å²) in [4.78, 5) is 21.5. The molecule has 1 aliphatic heterocycles. The standard InChI is InChI=1S/C21H27FN2O3S/c1-16(25)24(20-8-4-3-7-19(20)22)27-15-17-9-11-23(14-21(17)26-2)12-10-18-6-5-13-28-18/h3-8,13,17,21H,9-12,14-15H2,1-2H3/t17-,21+/m0/s1. The van der Waals surface area contributed by atoms with Gasteiger partial charge in [-0.25, -0.2) is 4.39 Å². The van der Waals surface area contributed by atoms with Crippen molar-refractivity contribution in [2.75, 3.05) is 38.4 Å². The van der Waals surface area contributed by atoms with E-state index in [1.807, 2.05) is 0 Å². The summed E-state index contributed by atoms with van der Waals surface area (Å²) in [6.07, 6.45) is 1.97. The molecule has 1 aliphatic rings. The molecule has 7 heteroatoms. The second-order valence-corrected chi connectivity index (χ2v) is 8.05. The number of rotatable bonds is 8. The number of piperidine rings is 1. The number of amides is 1. The van der Waals surface area contributed by atoms with Crippen LogP contribution in [0.15, 0.2) is 41.8 Å². The van der Waals surface area contributed by atoms with Gasteiger partial charge in [0.15, 0.2) is 0 Å². The molecule has 0 bridgehead atoms. The Balaban J connectivity index is 1.55. The molecule has 5 nitrogen and oxygen atoms in total. The first-order chi connectivity index (χ1) is 13.6. The number of likely N-dealkylation sites (tertiary alicyclic amines) is 1. The van der Waals surface area contributed by atoms with E-state index in [9.17, 15) is 9.18 Å². The molecule has 0 radical (unpaired) electrons. The number of carbonyl (C=O) groups is 1. The van der Waals surface area contributed by atoms with Gasteiger partial charge in [0.25, 0.3) is 0 Å². The van der Waals surface area contributed by atoms with Crippen LogP contribution in [0.25, 0.3) is 0 Å². The van der Waals surface area contributed by atoms with Crippen LogP contribution < -0.4 is 5.06 Å². The zero-order valence-corrected chi connectivity index (χ0v) is 17.2. The Kier molecular flexibility index (Phi) is 7.56. The number of halogens is 1. The van der Waals surface area contributed by atoms with E-state index < -0.39 is 5.82 Å². The number of nitrogens with zero attached hydrogens (tertiary/aromatic N) is 2. The Hall–Kier alpha value is -1.80. The van der Waals surface area contributed by atoms with Crippen LogP contribution in [0.3, 0.4) is 0 Å². The molecule has 1 aromatic carbocycles. The van der Waals surface area contributed by atoms with Crippen molar-refractivity contribution in [2.24, 2.45) is 5.92 Å². The van der Waals surface area contributed by atoms with Gasteiger partial charge in [-0.1, -0.05) is 18.2 Å². The Morgan fingerprint density at radius 1 is 1.32 bits per heavy atom.